The maximum Gasteiger partial charge on any atom is 0.329 e. The smallest absolute Gasteiger partial charge is 0.329 e. The van der Waals surface area contributed by atoms with E-state index in [0.717, 1.165) is 5.56 Å². The number of nitrogens with zero attached hydrogens (tertiary/aromatic N) is 1. The normalized spacial score (nSPS) is 10.6. The van der Waals surface area contributed by atoms with E-state index in [9.17, 15) is 9.59 Å². The zero-order valence-corrected chi connectivity index (χ0v) is 11.8. The number of hydrogen-bond acceptors (Lipinski definition) is 4. The van der Waals surface area contributed by atoms with Gasteiger partial charge in [-0.3, -0.25) is 9.59 Å². The summed E-state index contributed by atoms with van der Waals surface area (Å²) in [4.78, 5) is 22.8. The summed E-state index contributed by atoms with van der Waals surface area (Å²) in [5.74, 6) is -0.506. The first-order valence-corrected chi connectivity index (χ1v) is 6.28. The largest absolute Gasteiger partial charge is 0.497 e. The van der Waals surface area contributed by atoms with Gasteiger partial charge in [0.15, 0.2) is 0 Å². The van der Waals surface area contributed by atoms with Crippen molar-refractivity contribution >= 4 is 18.0 Å². The van der Waals surface area contributed by atoms with E-state index in [1.807, 2.05) is 13.8 Å². The average molecular weight is 277 g/mol. The average Bonchev–Trinajstić information content (AvgIpc) is 2.44. The minimum atomic E-state index is -0.787. The molecule has 0 aliphatic carbocycles. The second-order valence-electron chi connectivity index (χ2n) is 4.58. The van der Waals surface area contributed by atoms with Crippen LogP contribution in [0.5, 0.6) is 5.75 Å². The van der Waals surface area contributed by atoms with E-state index < -0.39 is 11.8 Å². The van der Waals surface area contributed by atoms with Gasteiger partial charge in [-0.1, -0.05) is 26.0 Å². The Balaban J connectivity index is 2.47. The van der Waals surface area contributed by atoms with Gasteiger partial charge >= 0.3 is 11.8 Å². The first-order chi connectivity index (χ1) is 9.52. The number of carbonyl (C=O) groups is 2. The van der Waals surface area contributed by atoms with Gasteiger partial charge in [0.1, 0.15) is 5.75 Å². The van der Waals surface area contributed by atoms with Crippen LogP contribution in [0.3, 0.4) is 0 Å². The molecule has 20 heavy (non-hydrogen) atoms. The molecule has 6 nitrogen and oxygen atoms in total. The van der Waals surface area contributed by atoms with Gasteiger partial charge < -0.3 is 10.1 Å². The summed E-state index contributed by atoms with van der Waals surface area (Å²) in [6, 6.07) is 7.16. The third kappa shape index (κ3) is 5.51. The molecule has 6 heteroatoms. The zero-order valence-electron chi connectivity index (χ0n) is 11.8. The summed E-state index contributed by atoms with van der Waals surface area (Å²) < 4.78 is 5.06. The molecule has 0 saturated heterocycles. The Morgan fingerprint density at radius 3 is 2.75 bits per heavy atom. The number of nitrogens with one attached hydrogen (secondary N) is 2. The summed E-state index contributed by atoms with van der Waals surface area (Å²) in [7, 11) is 1.57. The maximum atomic E-state index is 11.4. The lowest BCUT2D eigenvalue weighted by Gasteiger charge is -2.05. The van der Waals surface area contributed by atoms with Crippen LogP contribution in [0.2, 0.25) is 0 Å². The van der Waals surface area contributed by atoms with Gasteiger partial charge in [0.2, 0.25) is 0 Å². The van der Waals surface area contributed by atoms with Crippen molar-refractivity contribution in [2.75, 3.05) is 13.7 Å². The van der Waals surface area contributed by atoms with E-state index in [1.165, 1.54) is 6.21 Å². The molecule has 0 aliphatic rings. The molecule has 0 saturated carbocycles. The van der Waals surface area contributed by atoms with Gasteiger partial charge in [-0.2, -0.15) is 5.10 Å². The fourth-order valence-electron chi connectivity index (χ4n) is 1.32. The maximum absolute atomic E-state index is 11.4. The molecule has 0 unspecified atom stereocenters. The molecule has 0 spiro atoms. The molecule has 2 amide bonds. The molecule has 0 aliphatic heterocycles. The molecule has 2 N–H and O–H groups in total. The number of hydrazone groups is 1. The monoisotopic (exact) mass is 277 g/mol. The van der Waals surface area contributed by atoms with Crippen LogP contribution in [0.25, 0.3) is 0 Å². The molecule has 1 aromatic rings. The molecule has 0 fully saturated rings. The Bertz CT molecular complexity index is 498. The first-order valence-electron chi connectivity index (χ1n) is 6.28. The number of ether oxygens (including phenoxy) is 1. The Morgan fingerprint density at radius 1 is 1.35 bits per heavy atom. The minimum Gasteiger partial charge on any atom is -0.497 e. The Kier molecular flexibility index (Phi) is 6.22. The molecule has 0 aromatic heterocycles. The molecule has 1 rings (SSSR count). The lowest BCUT2D eigenvalue weighted by atomic mass is 10.2. The number of benzene rings is 1. The molecule has 0 heterocycles. The summed E-state index contributed by atoms with van der Waals surface area (Å²) in [6.07, 6.45) is 1.44. The van der Waals surface area contributed by atoms with Crippen molar-refractivity contribution in [3.8, 4) is 5.75 Å². The fraction of sp³-hybridized carbons (Fsp3) is 0.357. The quantitative estimate of drug-likeness (QED) is 0.477. The summed E-state index contributed by atoms with van der Waals surface area (Å²) >= 11 is 0. The van der Waals surface area contributed by atoms with E-state index in [2.05, 4.69) is 15.8 Å². The molecular weight excluding hydrogens is 258 g/mol. The third-order valence-corrected chi connectivity index (χ3v) is 2.35. The number of carbonyl (C=O) groups excluding carboxylic acids is 2. The highest BCUT2D eigenvalue weighted by atomic mass is 16.5. The van der Waals surface area contributed by atoms with Crippen molar-refractivity contribution in [3.05, 3.63) is 29.8 Å². The third-order valence-electron chi connectivity index (χ3n) is 2.35. The van der Waals surface area contributed by atoms with Crippen LogP contribution in [0.1, 0.15) is 19.4 Å². The van der Waals surface area contributed by atoms with E-state index in [0.29, 0.717) is 12.3 Å². The van der Waals surface area contributed by atoms with Crippen molar-refractivity contribution in [3.63, 3.8) is 0 Å². The molecule has 108 valence electrons. The van der Waals surface area contributed by atoms with Gasteiger partial charge in [0, 0.05) is 6.54 Å². The number of hydrogen-bond donors (Lipinski definition) is 2. The second-order valence-corrected chi connectivity index (χ2v) is 4.58. The van der Waals surface area contributed by atoms with Crippen molar-refractivity contribution < 1.29 is 14.3 Å². The lowest BCUT2D eigenvalue weighted by molar-refractivity contribution is -0.139. The molecule has 0 radical (unpaired) electrons. The standard InChI is InChI=1S/C14H19N3O3/c1-10(2)8-15-13(18)14(19)17-16-9-11-5-4-6-12(7-11)20-3/h4-7,9-10H,8H2,1-3H3,(H,15,18)(H,17,19)/b16-9+. The van der Waals surface area contributed by atoms with Gasteiger partial charge in [-0.05, 0) is 23.6 Å². The van der Waals surface area contributed by atoms with E-state index in [1.54, 1.807) is 31.4 Å². The van der Waals surface area contributed by atoms with Crippen molar-refractivity contribution in [2.24, 2.45) is 11.0 Å². The van der Waals surface area contributed by atoms with Crippen LogP contribution in [-0.4, -0.2) is 31.7 Å². The van der Waals surface area contributed by atoms with Gasteiger partial charge in [0.05, 0.1) is 13.3 Å². The van der Waals surface area contributed by atoms with Crippen LogP contribution in [-0.2, 0) is 9.59 Å². The topological polar surface area (TPSA) is 79.8 Å². The van der Waals surface area contributed by atoms with E-state index in [4.69, 9.17) is 4.74 Å². The van der Waals surface area contributed by atoms with Crippen LogP contribution < -0.4 is 15.5 Å². The zero-order chi connectivity index (χ0) is 15.0. The van der Waals surface area contributed by atoms with Gasteiger partial charge in [0.25, 0.3) is 0 Å². The Hall–Kier alpha value is -2.37. The molecule has 0 bridgehead atoms. The van der Waals surface area contributed by atoms with Crippen molar-refractivity contribution in [1.29, 1.82) is 0 Å². The number of rotatable bonds is 5. The highest BCUT2D eigenvalue weighted by Gasteiger charge is 2.11. The van der Waals surface area contributed by atoms with Crippen LogP contribution in [0.15, 0.2) is 29.4 Å². The van der Waals surface area contributed by atoms with Crippen LogP contribution in [0, 0.1) is 5.92 Å². The Labute approximate surface area is 118 Å². The van der Waals surface area contributed by atoms with Crippen molar-refractivity contribution in [1.82, 2.24) is 10.7 Å². The number of amides is 2. The van der Waals surface area contributed by atoms with Crippen LogP contribution >= 0.6 is 0 Å². The summed E-state index contributed by atoms with van der Waals surface area (Å²) in [5.41, 5.74) is 2.93. The molecular formula is C14H19N3O3. The van der Waals surface area contributed by atoms with Gasteiger partial charge in [-0.25, -0.2) is 5.43 Å². The highest BCUT2D eigenvalue weighted by molar-refractivity contribution is 6.35. The predicted molar refractivity (Wildman–Crippen MR) is 76.6 cm³/mol. The van der Waals surface area contributed by atoms with Crippen LogP contribution in [0.4, 0.5) is 0 Å². The SMILES string of the molecule is COc1cccc(/C=N/NC(=O)C(=O)NCC(C)C)c1. The van der Waals surface area contributed by atoms with Crippen molar-refractivity contribution in [2.45, 2.75) is 13.8 Å². The lowest BCUT2D eigenvalue weighted by Crippen LogP contribution is -2.39. The van der Waals surface area contributed by atoms with E-state index in [-0.39, 0.29) is 5.92 Å². The molecule has 1 aromatic carbocycles. The van der Waals surface area contributed by atoms with Gasteiger partial charge in [-0.15, -0.1) is 0 Å². The Morgan fingerprint density at radius 2 is 2.10 bits per heavy atom. The minimum absolute atomic E-state index is 0.284. The first kappa shape index (κ1) is 15.7. The highest BCUT2D eigenvalue weighted by Crippen LogP contribution is 2.10. The van der Waals surface area contributed by atoms with E-state index >= 15 is 0 Å². The summed E-state index contributed by atoms with van der Waals surface area (Å²) in [6.45, 7) is 4.34. The number of methoxy groups -OCH3 is 1. The fourth-order valence-corrected chi connectivity index (χ4v) is 1.32. The summed E-state index contributed by atoms with van der Waals surface area (Å²) in [5, 5.41) is 6.23. The second kappa shape index (κ2) is 7.93. The molecule has 0 atom stereocenters. The predicted octanol–water partition coefficient (Wildman–Crippen LogP) is 0.917.